The first kappa shape index (κ1) is 12.1. The number of carboxylic acids is 1. The Kier molecular flexibility index (Phi) is 2.53. The minimum Gasteiger partial charge on any atom is -0.480 e. The fraction of sp³-hybridized carbons (Fsp3) is 0.286. The van der Waals surface area contributed by atoms with E-state index in [1.165, 1.54) is 6.33 Å². The van der Waals surface area contributed by atoms with Crippen LogP contribution in [0.4, 0.5) is 5.82 Å². The SMILES string of the molecule is O=C(O)[C@@H]1CCCN1c1nn2cnnc2c2ccccc12. The van der Waals surface area contributed by atoms with Gasteiger partial charge < -0.3 is 10.0 Å². The Morgan fingerprint density at radius 3 is 2.90 bits per heavy atom. The van der Waals surface area contributed by atoms with Crippen molar-refractivity contribution in [2.24, 2.45) is 0 Å². The van der Waals surface area contributed by atoms with Crippen LogP contribution in [0.25, 0.3) is 16.4 Å². The molecule has 1 atom stereocenters. The Hall–Kier alpha value is -2.70. The number of nitrogens with zero attached hydrogens (tertiary/aromatic N) is 5. The molecule has 7 heteroatoms. The number of aromatic nitrogens is 4. The summed E-state index contributed by atoms with van der Waals surface area (Å²) in [5.74, 6) is -0.120. The standard InChI is InChI=1S/C14H13N5O2/c20-14(21)11-6-3-7-18(11)13-10-5-2-1-4-9(10)12-16-15-8-19(12)17-13/h1-2,4-5,8,11H,3,6-7H2,(H,20,21)/t11-/m0/s1. The Balaban J connectivity index is 2.00. The lowest BCUT2D eigenvalue weighted by Gasteiger charge is -2.23. The average molecular weight is 283 g/mol. The van der Waals surface area contributed by atoms with Crippen LogP contribution in [-0.2, 0) is 4.79 Å². The van der Waals surface area contributed by atoms with E-state index in [9.17, 15) is 9.90 Å². The molecule has 1 aliphatic heterocycles. The van der Waals surface area contributed by atoms with Gasteiger partial charge in [-0.25, -0.2) is 4.79 Å². The summed E-state index contributed by atoms with van der Waals surface area (Å²) in [6, 6.07) is 7.24. The topological polar surface area (TPSA) is 83.6 Å². The molecule has 7 nitrogen and oxygen atoms in total. The van der Waals surface area contributed by atoms with Crippen molar-refractivity contribution >= 4 is 28.2 Å². The van der Waals surface area contributed by atoms with Crippen LogP contribution in [-0.4, -0.2) is 43.5 Å². The largest absolute Gasteiger partial charge is 0.480 e. The molecule has 1 aromatic carbocycles. The summed E-state index contributed by atoms with van der Waals surface area (Å²) in [5, 5.41) is 23.7. The highest BCUT2D eigenvalue weighted by molar-refractivity contribution is 6.01. The summed E-state index contributed by atoms with van der Waals surface area (Å²) >= 11 is 0. The zero-order valence-corrected chi connectivity index (χ0v) is 11.2. The smallest absolute Gasteiger partial charge is 0.326 e. The van der Waals surface area contributed by atoms with Gasteiger partial charge in [0.1, 0.15) is 12.4 Å². The lowest BCUT2D eigenvalue weighted by Crippen LogP contribution is -2.36. The number of hydrogen-bond donors (Lipinski definition) is 1. The van der Waals surface area contributed by atoms with E-state index < -0.39 is 12.0 Å². The fourth-order valence-electron chi connectivity index (χ4n) is 3.00. The van der Waals surface area contributed by atoms with E-state index in [0.29, 0.717) is 24.4 Å². The summed E-state index contributed by atoms with van der Waals surface area (Å²) in [7, 11) is 0. The molecule has 0 spiro atoms. The lowest BCUT2D eigenvalue weighted by atomic mass is 10.1. The van der Waals surface area contributed by atoms with Gasteiger partial charge in [-0.1, -0.05) is 24.3 Å². The summed E-state index contributed by atoms with van der Waals surface area (Å²) in [5.41, 5.74) is 0.681. The number of carboxylic acid groups (broad SMARTS) is 1. The van der Waals surface area contributed by atoms with E-state index in [-0.39, 0.29) is 0 Å². The summed E-state index contributed by atoms with van der Waals surface area (Å²) in [4.78, 5) is 13.3. The number of anilines is 1. The molecule has 0 amide bonds. The summed E-state index contributed by atoms with van der Waals surface area (Å²) in [6.45, 7) is 0.696. The molecule has 3 heterocycles. The normalized spacial score (nSPS) is 18.7. The molecule has 0 bridgehead atoms. The van der Waals surface area contributed by atoms with Crippen molar-refractivity contribution in [1.29, 1.82) is 0 Å². The molecular formula is C14H13N5O2. The first-order valence-corrected chi connectivity index (χ1v) is 6.84. The highest BCUT2D eigenvalue weighted by atomic mass is 16.4. The van der Waals surface area contributed by atoms with Gasteiger partial charge in [0, 0.05) is 17.3 Å². The maximum Gasteiger partial charge on any atom is 0.326 e. The van der Waals surface area contributed by atoms with E-state index in [4.69, 9.17) is 0 Å². The molecule has 1 N–H and O–H groups in total. The number of benzene rings is 1. The van der Waals surface area contributed by atoms with Gasteiger partial charge in [-0.3, -0.25) is 0 Å². The van der Waals surface area contributed by atoms with Crippen LogP contribution in [0.15, 0.2) is 30.6 Å². The van der Waals surface area contributed by atoms with Gasteiger partial charge in [0.15, 0.2) is 11.5 Å². The molecule has 4 rings (SSSR count). The van der Waals surface area contributed by atoms with Gasteiger partial charge in [0.2, 0.25) is 0 Å². The zero-order valence-electron chi connectivity index (χ0n) is 11.2. The molecular weight excluding hydrogens is 270 g/mol. The van der Waals surface area contributed by atoms with E-state index >= 15 is 0 Å². The number of aliphatic carboxylic acids is 1. The molecule has 0 saturated carbocycles. The first-order valence-electron chi connectivity index (χ1n) is 6.84. The highest BCUT2D eigenvalue weighted by Gasteiger charge is 2.32. The van der Waals surface area contributed by atoms with Crippen LogP contribution in [0, 0.1) is 0 Å². The van der Waals surface area contributed by atoms with Gasteiger partial charge >= 0.3 is 5.97 Å². The summed E-state index contributed by atoms with van der Waals surface area (Å²) in [6.07, 6.45) is 3.04. The fourth-order valence-corrected chi connectivity index (χ4v) is 3.00. The highest BCUT2D eigenvalue weighted by Crippen LogP contribution is 2.31. The van der Waals surface area contributed by atoms with E-state index in [1.54, 1.807) is 4.52 Å². The van der Waals surface area contributed by atoms with Gasteiger partial charge in [-0.05, 0) is 12.8 Å². The zero-order chi connectivity index (χ0) is 14.4. The third kappa shape index (κ3) is 1.74. The van der Waals surface area contributed by atoms with Gasteiger partial charge in [0.25, 0.3) is 0 Å². The summed E-state index contributed by atoms with van der Waals surface area (Å²) < 4.78 is 1.61. The van der Waals surface area contributed by atoms with Crippen molar-refractivity contribution in [2.75, 3.05) is 11.4 Å². The monoisotopic (exact) mass is 283 g/mol. The molecule has 1 aliphatic rings. The minimum absolute atomic E-state index is 0.519. The molecule has 1 saturated heterocycles. The van der Waals surface area contributed by atoms with E-state index in [1.807, 2.05) is 29.2 Å². The first-order chi connectivity index (χ1) is 10.3. The number of hydrogen-bond acceptors (Lipinski definition) is 5. The van der Waals surface area contributed by atoms with Gasteiger partial charge in [0.05, 0.1) is 0 Å². The molecule has 3 aromatic rings. The van der Waals surface area contributed by atoms with Crippen LogP contribution >= 0.6 is 0 Å². The Labute approximate surface area is 119 Å². The second-order valence-electron chi connectivity index (χ2n) is 5.16. The van der Waals surface area contributed by atoms with Crippen molar-refractivity contribution in [1.82, 2.24) is 19.8 Å². The Morgan fingerprint density at radius 2 is 2.10 bits per heavy atom. The van der Waals surface area contributed by atoms with Crippen LogP contribution in [0.2, 0.25) is 0 Å². The maximum absolute atomic E-state index is 11.4. The Bertz CT molecular complexity index is 844. The molecule has 0 aliphatic carbocycles. The lowest BCUT2D eigenvalue weighted by molar-refractivity contribution is -0.138. The van der Waals surface area contributed by atoms with Crippen LogP contribution in [0.1, 0.15) is 12.8 Å². The molecule has 2 aromatic heterocycles. The number of carbonyl (C=O) groups is 1. The predicted octanol–water partition coefficient (Wildman–Crippen LogP) is 1.33. The van der Waals surface area contributed by atoms with E-state index in [2.05, 4.69) is 15.3 Å². The predicted molar refractivity (Wildman–Crippen MR) is 76.3 cm³/mol. The number of rotatable bonds is 2. The molecule has 21 heavy (non-hydrogen) atoms. The van der Waals surface area contributed by atoms with Crippen LogP contribution < -0.4 is 4.90 Å². The van der Waals surface area contributed by atoms with Gasteiger partial charge in [-0.2, -0.15) is 4.52 Å². The third-order valence-electron chi connectivity index (χ3n) is 3.95. The quantitative estimate of drug-likeness (QED) is 0.764. The molecule has 1 fully saturated rings. The van der Waals surface area contributed by atoms with Crippen LogP contribution in [0.3, 0.4) is 0 Å². The number of fused-ring (bicyclic) bond motifs is 3. The van der Waals surface area contributed by atoms with Crippen LogP contribution in [0.5, 0.6) is 0 Å². The average Bonchev–Trinajstić information content (AvgIpc) is 3.15. The van der Waals surface area contributed by atoms with Gasteiger partial charge in [-0.15, -0.1) is 15.3 Å². The van der Waals surface area contributed by atoms with Crippen molar-refractivity contribution in [3.05, 3.63) is 30.6 Å². The molecule has 106 valence electrons. The van der Waals surface area contributed by atoms with Crippen molar-refractivity contribution < 1.29 is 9.90 Å². The van der Waals surface area contributed by atoms with Crippen molar-refractivity contribution in [2.45, 2.75) is 18.9 Å². The minimum atomic E-state index is -0.803. The molecule has 0 radical (unpaired) electrons. The third-order valence-corrected chi connectivity index (χ3v) is 3.95. The Morgan fingerprint density at radius 1 is 1.29 bits per heavy atom. The van der Waals surface area contributed by atoms with Crippen molar-refractivity contribution in [3.63, 3.8) is 0 Å². The van der Waals surface area contributed by atoms with E-state index in [0.717, 1.165) is 17.2 Å². The molecule has 0 unspecified atom stereocenters. The second-order valence-corrected chi connectivity index (χ2v) is 5.16. The van der Waals surface area contributed by atoms with Crippen molar-refractivity contribution in [3.8, 4) is 0 Å². The maximum atomic E-state index is 11.4. The second kappa shape index (κ2) is 4.41.